The van der Waals surface area contributed by atoms with E-state index in [0.717, 1.165) is 0 Å². The van der Waals surface area contributed by atoms with E-state index in [-0.39, 0.29) is 9.87 Å². The van der Waals surface area contributed by atoms with Gasteiger partial charge in [0.1, 0.15) is 0 Å². The van der Waals surface area contributed by atoms with Crippen LogP contribution in [0.5, 0.6) is 0 Å². The van der Waals surface area contributed by atoms with Crippen LogP contribution in [0, 0.1) is 0 Å². The first kappa shape index (κ1) is 5.52. The summed E-state index contributed by atoms with van der Waals surface area (Å²) in [4.78, 5) is 0. The van der Waals surface area contributed by atoms with Gasteiger partial charge in [-0.15, -0.1) is 0 Å². The van der Waals surface area contributed by atoms with Crippen molar-refractivity contribution < 1.29 is 0 Å². The van der Waals surface area contributed by atoms with E-state index in [0.29, 0.717) is 0 Å². The first-order valence-corrected chi connectivity index (χ1v) is 4.32. The molecule has 1 atom stereocenters. The average molecular weight is 106 g/mol. The second kappa shape index (κ2) is 2.74. The second-order valence-electron chi connectivity index (χ2n) is 0.756. The molecule has 0 nitrogen and oxygen atoms in total. The fourth-order valence-electron chi connectivity index (χ4n) is 0. The van der Waals surface area contributed by atoms with Crippen LogP contribution in [0.1, 0.15) is 0 Å². The molecule has 0 heterocycles. The van der Waals surface area contributed by atoms with Gasteiger partial charge in [0, 0.05) is 0 Å². The van der Waals surface area contributed by atoms with E-state index in [9.17, 15) is 0 Å². The van der Waals surface area contributed by atoms with E-state index in [1.165, 1.54) is 0 Å². The Balaban J connectivity index is 3.36. The summed E-state index contributed by atoms with van der Waals surface area (Å²) in [5, 5.41) is 1.85. The van der Waals surface area contributed by atoms with Gasteiger partial charge >= 0.3 is 35.9 Å². The van der Waals surface area contributed by atoms with Gasteiger partial charge in [0.2, 0.25) is 0 Å². The van der Waals surface area contributed by atoms with Crippen molar-refractivity contribution in [3.63, 3.8) is 0 Å². The third kappa shape index (κ3) is 4.52. The van der Waals surface area contributed by atoms with Crippen LogP contribution < -0.4 is 0 Å². The van der Waals surface area contributed by atoms with Gasteiger partial charge in [-0.05, 0) is 0 Å². The molecule has 0 saturated carbocycles. The predicted octanol–water partition coefficient (Wildman–Crippen LogP) is 2.09. The SMILES string of the molecule is C=C[SH](C)#P. The van der Waals surface area contributed by atoms with Crippen molar-refractivity contribution in [2.75, 3.05) is 6.26 Å². The summed E-state index contributed by atoms with van der Waals surface area (Å²) >= 11 is 0. The molecule has 0 aliphatic rings. The van der Waals surface area contributed by atoms with Crippen molar-refractivity contribution in [2.24, 2.45) is 0 Å². The Labute approximate surface area is 36.7 Å². The molecule has 0 rings (SSSR count). The van der Waals surface area contributed by atoms with Gasteiger partial charge < -0.3 is 0 Å². The van der Waals surface area contributed by atoms with Crippen molar-refractivity contribution in [1.82, 2.24) is 0 Å². The fourth-order valence-corrected chi connectivity index (χ4v) is 0. The Morgan fingerprint density at radius 3 is 2.20 bits per heavy atom. The first-order valence-electron chi connectivity index (χ1n) is 1.31. The van der Waals surface area contributed by atoms with Crippen LogP contribution in [-0.4, -0.2) is 6.26 Å². The van der Waals surface area contributed by atoms with Crippen LogP contribution in [0.25, 0.3) is 0 Å². The Morgan fingerprint density at radius 2 is 2.20 bits per heavy atom. The molecular formula is C3H7PS. The molecule has 0 fully saturated rings. The maximum absolute atomic E-state index is 4.04. The fraction of sp³-hybridized carbons (Fsp3) is 0.333. The summed E-state index contributed by atoms with van der Waals surface area (Å²) in [5.41, 5.74) is 0. The third-order valence-electron chi connectivity index (χ3n) is 0.264. The molecular weight excluding hydrogens is 99.1 g/mol. The van der Waals surface area contributed by atoms with Crippen LogP contribution in [0.3, 0.4) is 0 Å². The van der Waals surface area contributed by atoms with Crippen molar-refractivity contribution in [3.05, 3.63) is 12.0 Å². The molecule has 0 aliphatic heterocycles. The molecule has 0 aromatic carbocycles. The van der Waals surface area contributed by atoms with Crippen LogP contribution in [0.4, 0.5) is 0 Å². The van der Waals surface area contributed by atoms with Gasteiger partial charge in [0.25, 0.3) is 0 Å². The molecule has 2 heteroatoms. The van der Waals surface area contributed by atoms with E-state index < -0.39 is 0 Å². The normalized spacial score (nSPS) is 13.6. The second-order valence-corrected chi connectivity index (χ2v) is 4.16. The van der Waals surface area contributed by atoms with Crippen molar-refractivity contribution in [2.45, 2.75) is 0 Å². The molecule has 30 valence electrons. The van der Waals surface area contributed by atoms with Gasteiger partial charge in [-0.2, -0.15) is 0 Å². The van der Waals surface area contributed by atoms with E-state index in [4.69, 9.17) is 0 Å². The molecule has 1 unspecified atom stereocenters. The number of rotatable bonds is 0. The minimum absolute atomic E-state index is 0.140. The molecule has 0 aromatic rings. The molecule has 0 aliphatic carbocycles. The number of hydrogen-bond donors (Lipinski definition) is 1. The summed E-state index contributed by atoms with van der Waals surface area (Å²) in [5.74, 6) is 0. The minimum atomic E-state index is -0.140. The Morgan fingerprint density at radius 1 is 2.00 bits per heavy atom. The molecule has 0 spiro atoms. The summed E-state index contributed by atoms with van der Waals surface area (Å²) in [7, 11) is 3.90. The topological polar surface area (TPSA) is 0 Å². The summed E-state index contributed by atoms with van der Waals surface area (Å²) < 4.78 is 0. The average Bonchev–Trinajstić information content (AvgIpc) is 1.38. The number of hydrogen-bond acceptors (Lipinski definition) is 0. The zero-order valence-corrected chi connectivity index (χ0v) is 4.97. The van der Waals surface area contributed by atoms with E-state index in [1.54, 1.807) is 0 Å². The van der Waals surface area contributed by atoms with Crippen molar-refractivity contribution in [1.29, 1.82) is 0 Å². The van der Waals surface area contributed by atoms with Crippen LogP contribution in [0.2, 0.25) is 0 Å². The quantitative estimate of drug-likeness (QED) is 0.354. The zero-order chi connectivity index (χ0) is 4.28. The molecule has 0 amide bonds. The van der Waals surface area contributed by atoms with Crippen LogP contribution in [-0.2, 0) is 0 Å². The van der Waals surface area contributed by atoms with E-state index >= 15 is 0 Å². The standard InChI is InChI=1S/C3H7PS/c1-3-5(2)4/h3,5H,1H2,2H3. The van der Waals surface area contributed by atoms with Gasteiger partial charge in [0.05, 0.1) is 0 Å². The van der Waals surface area contributed by atoms with Crippen molar-refractivity contribution in [3.8, 4) is 0 Å². The van der Waals surface area contributed by atoms with Gasteiger partial charge in [-0.25, -0.2) is 0 Å². The molecule has 5 heavy (non-hydrogen) atoms. The van der Waals surface area contributed by atoms with E-state index in [2.05, 4.69) is 14.4 Å². The Hall–Kier alpha value is 0.520. The van der Waals surface area contributed by atoms with Gasteiger partial charge in [0.15, 0.2) is 0 Å². The van der Waals surface area contributed by atoms with Crippen molar-refractivity contribution >= 4 is 17.7 Å². The van der Waals surface area contributed by atoms with Crippen LogP contribution >= 0.6 is 17.7 Å². The number of thiol groups is 1. The molecule has 0 aromatic heterocycles. The summed E-state index contributed by atoms with van der Waals surface area (Å²) in [6.45, 7) is 3.51. The summed E-state index contributed by atoms with van der Waals surface area (Å²) in [6.07, 6.45) is 2.03. The van der Waals surface area contributed by atoms with E-state index in [1.807, 2.05) is 11.7 Å². The molecule has 0 N–H and O–H groups in total. The Bertz CT molecular complexity index is 86.8. The molecule has 0 bridgehead atoms. The molecule has 0 saturated heterocycles. The third-order valence-corrected chi connectivity index (χ3v) is 1.28. The van der Waals surface area contributed by atoms with Gasteiger partial charge in [-0.3, -0.25) is 0 Å². The molecule has 0 radical (unpaired) electrons. The first-order chi connectivity index (χ1) is 2.27. The summed E-state index contributed by atoms with van der Waals surface area (Å²) in [6, 6.07) is 0. The maximum atomic E-state index is 4.04. The predicted molar refractivity (Wildman–Crippen MR) is 32.0 cm³/mol. The zero-order valence-electron chi connectivity index (χ0n) is 3.18. The van der Waals surface area contributed by atoms with Crippen LogP contribution in [0.15, 0.2) is 12.0 Å². The Kier molecular flexibility index (Phi) is 3.03. The van der Waals surface area contributed by atoms with Gasteiger partial charge in [-0.1, -0.05) is 0 Å². The monoisotopic (exact) mass is 106 g/mol.